The SMILES string of the molecule is [2H]N1C(=O)SC(C(C)c2ccc(OC(C)Cc3ccc(C(C)C(C)C)c(C)n3)c(C)c2)C1=O. The number of ether oxygens (including phenoxy) is 1. The Morgan fingerprint density at radius 1 is 1.12 bits per heavy atom. The van der Waals surface area contributed by atoms with Crippen LogP contribution in [-0.4, -0.2) is 27.5 Å². The molecule has 5 nitrogen and oxygen atoms in total. The molecule has 0 radical (unpaired) electrons. The number of thioether (sulfide) groups is 1. The van der Waals surface area contributed by atoms with Gasteiger partial charge in [0.05, 0.1) is 5.25 Å². The highest BCUT2D eigenvalue weighted by Crippen LogP contribution is 2.34. The van der Waals surface area contributed by atoms with Crippen LogP contribution < -0.4 is 10.0 Å². The molecule has 2 heterocycles. The zero-order chi connectivity index (χ0) is 24.4. The van der Waals surface area contributed by atoms with Gasteiger partial charge in [-0.3, -0.25) is 19.9 Å². The number of carbonyl (C=O) groups excluding carboxylic acids is 2. The molecule has 32 heavy (non-hydrogen) atoms. The first-order chi connectivity index (χ1) is 15.5. The van der Waals surface area contributed by atoms with Gasteiger partial charge in [0.15, 0.2) is 1.41 Å². The molecular weight excluding hydrogens is 420 g/mol. The van der Waals surface area contributed by atoms with E-state index < -0.39 is 16.4 Å². The molecule has 0 saturated carbocycles. The molecule has 6 heteroatoms. The van der Waals surface area contributed by atoms with Gasteiger partial charge in [0, 0.05) is 23.7 Å². The minimum Gasteiger partial charge on any atom is -0.490 e. The Kier molecular flexibility index (Phi) is 7.19. The summed E-state index contributed by atoms with van der Waals surface area (Å²) in [7, 11) is 0. The molecule has 0 bridgehead atoms. The lowest BCUT2D eigenvalue weighted by Gasteiger charge is -2.21. The van der Waals surface area contributed by atoms with Crippen molar-refractivity contribution in [3.63, 3.8) is 0 Å². The van der Waals surface area contributed by atoms with Crippen LogP contribution in [0.4, 0.5) is 4.79 Å². The first kappa shape index (κ1) is 22.8. The van der Waals surface area contributed by atoms with Gasteiger partial charge in [-0.15, -0.1) is 0 Å². The molecule has 1 aliphatic rings. The number of rotatable bonds is 8. The van der Waals surface area contributed by atoms with Crippen LogP contribution in [0.2, 0.25) is 1.41 Å². The van der Waals surface area contributed by atoms with Gasteiger partial charge >= 0.3 is 0 Å². The predicted molar refractivity (Wildman–Crippen MR) is 131 cm³/mol. The number of benzene rings is 1. The summed E-state index contributed by atoms with van der Waals surface area (Å²) in [6, 6.07) is 10.2. The summed E-state index contributed by atoms with van der Waals surface area (Å²) in [6.45, 7) is 14.7. The van der Waals surface area contributed by atoms with E-state index in [0.717, 1.165) is 40.0 Å². The second kappa shape index (κ2) is 10.1. The number of amides is 2. The van der Waals surface area contributed by atoms with Gasteiger partial charge < -0.3 is 4.74 Å². The maximum absolute atomic E-state index is 12.2. The minimum atomic E-state index is -0.559. The molecule has 2 amide bonds. The molecule has 2 aromatic rings. The molecule has 3 rings (SSSR count). The lowest BCUT2D eigenvalue weighted by Crippen LogP contribution is -2.27. The van der Waals surface area contributed by atoms with Gasteiger partial charge in [-0.25, -0.2) is 0 Å². The summed E-state index contributed by atoms with van der Waals surface area (Å²) in [4.78, 5) is 28.7. The monoisotopic (exact) mass is 455 g/mol. The van der Waals surface area contributed by atoms with Crippen LogP contribution in [-0.2, 0) is 11.2 Å². The maximum atomic E-state index is 12.2. The van der Waals surface area contributed by atoms with Crippen molar-refractivity contribution in [1.29, 1.82) is 0 Å². The Bertz CT molecular complexity index is 1040. The second-order valence-electron chi connectivity index (χ2n) is 9.21. The third-order valence-electron chi connectivity index (χ3n) is 6.35. The summed E-state index contributed by atoms with van der Waals surface area (Å²) in [5, 5.41) is -0.613. The number of carbonyl (C=O) groups is 2. The van der Waals surface area contributed by atoms with Crippen LogP contribution in [0.15, 0.2) is 30.3 Å². The van der Waals surface area contributed by atoms with Crippen molar-refractivity contribution in [2.45, 2.75) is 78.1 Å². The van der Waals surface area contributed by atoms with E-state index in [1.54, 1.807) is 0 Å². The highest BCUT2D eigenvalue weighted by molar-refractivity contribution is 8.15. The normalized spacial score (nSPS) is 19.8. The maximum Gasteiger partial charge on any atom is 0.286 e. The number of imide groups is 1. The van der Waals surface area contributed by atoms with Gasteiger partial charge in [0.2, 0.25) is 5.91 Å². The number of aryl methyl sites for hydroxylation is 2. The van der Waals surface area contributed by atoms with Gasteiger partial charge in [0.25, 0.3) is 5.24 Å². The molecule has 1 aromatic heterocycles. The molecular formula is C26H34N2O3S. The molecule has 1 aromatic carbocycles. The smallest absolute Gasteiger partial charge is 0.286 e. The number of nitrogens with one attached hydrogen (secondary N) is 1. The second-order valence-corrected chi connectivity index (χ2v) is 10.3. The highest BCUT2D eigenvalue weighted by atomic mass is 32.2. The number of pyridine rings is 1. The summed E-state index contributed by atoms with van der Waals surface area (Å²) in [5.41, 5.74) is 5.33. The topological polar surface area (TPSA) is 68.3 Å². The van der Waals surface area contributed by atoms with E-state index in [1.165, 1.54) is 5.56 Å². The van der Waals surface area contributed by atoms with Crippen molar-refractivity contribution < 1.29 is 15.7 Å². The summed E-state index contributed by atoms with van der Waals surface area (Å²) < 4.78 is 13.7. The Morgan fingerprint density at radius 2 is 1.84 bits per heavy atom. The zero-order valence-electron chi connectivity index (χ0n) is 21.0. The van der Waals surface area contributed by atoms with Crippen molar-refractivity contribution in [2.24, 2.45) is 5.92 Å². The average Bonchev–Trinajstić information content (AvgIpc) is 3.01. The van der Waals surface area contributed by atoms with Crippen LogP contribution in [0.5, 0.6) is 5.75 Å². The fourth-order valence-corrected chi connectivity index (χ4v) is 4.92. The van der Waals surface area contributed by atoms with E-state index in [2.05, 4.69) is 39.8 Å². The molecule has 1 saturated heterocycles. The van der Waals surface area contributed by atoms with Crippen molar-refractivity contribution in [1.82, 2.24) is 10.3 Å². The van der Waals surface area contributed by atoms with Gasteiger partial charge in [-0.1, -0.05) is 57.7 Å². The molecule has 172 valence electrons. The molecule has 1 fully saturated rings. The number of aromatic nitrogens is 1. The van der Waals surface area contributed by atoms with Crippen LogP contribution in [0.1, 0.15) is 74.5 Å². The molecule has 0 aliphatic carbocycles. The Labute approximate surface area is 197 Å². The van der Waals surface area contributed by atoms with E-state index in [9.17, 15) is 9.59 Å². The summed E-state index contributed by atoms with van der Waals surface area (Å²) in [5.74, 6) is 1.21. The van der Waals surface area contributed by atoms with Crippen LogP contribution in [0.3, 0.4) is 0 Å². The Morgan fingerprint density at radius 3 is 2.41 bits per heavy atom. The fourth-order valence-electron chi connectivity index (χ4n) is 4.05. The number of hydrogen-bond acceptors (Lipinski definition) is 5. The standard InChI is InChI=1S/C26H34N2O3S/c1-14(2)17(5)22-10-9-21(27-19(22)7)13-16(4)31-23-11-8-20(12-15(23)3)18(6)24-25(29)28-26(30)32-24/h8-12,14,16-18,24H,13H2,1-7H3,(H,28,29,30)/i/hD. The fraction of sp³-hybridized carbons (Fsp3) is 0.500. The van der Waals surface area contributed by atoms with E-state index in [1.807, 2.05) is 39.0 Å². The molecule has 0 spiro atoms. The van der Waals surface area contributed by atoms with Crippen LogP contribution in [0.25, 0.3) is 0 Å². The lowest BCUT2D eigenvalue weighted by atomic mass is 9.89. The first-order valence-corrected chi connectivity index (χ1v) is 12.1. The molecule has 4 unspecified atom stereocenters. The largest absolute Gasteiger partial charge is 0.490 e. The van der Waals surface area contributed by atoms with Crippen LogP contribution in [0, 0.1) is 19.8 Å². The molecule has 1 N–H and O–H groups in total. The van der Waals surface area contributed by atoms with Gasteiger partial charge in [-0.2, -0.15) is 0 Å². The third-order valence-corrected chi connectivity index (χ3v) is 7.51. The minimum absolute atomic E-state index is 0.0475. The predicted octanol–water partition coefficient (Wildman–Crippen LogP) is 5.92. The first-order valence-electron chi connectivity index (χ1n) is 11.7. The van der Waals surface area contributed by atoms with Crippen LogP contribution >= 0.6 is 11.8 Å². The zero-order valence-corrected chi connectivity index (χ0v) is 20.8. The molecule has 4 atom stereocenters. The van der Waals surface area contributed by atoms with Crippen molar-refractivity contribution in [2.75, 3.05) is 0 Å². The molecule has 1 aliphatic heterocycles. The van der Waals surface area contributed by atoms with Crippen molar-refractivity contribution in [3.05, 3.63) is 58.4 Å². The van der Waals surface area contributed by atoms with E-state index >= 15 is 0 Å². The lowest BCUT2D eigenvalue weighted by molar-refractivity contribution is -0.119. The summed E-state index contributed by atoms with van der Waals surface area (Å²) in [6.07, 6.45) is 0.664. The van der Waals surface area contributed by atoms with E-state index in [0.29, 0.717) is 23.6 Å². The van der Waals surface area contributed by atoms with E-state index in [4.69, 9.17) is 11.1 Å². The number of nitrogens with zero attached hydrogens (tertiary/aromatic N) is 1. The van der Waals surface area contributed by atoms with E-state index in [-0.39, 0.29) is 12.0 Å². The third kappa shape index (κ3) is 5.52. The van der Waals surface area contributed by atoms with Gasteiger partial charge in [-0.05, 0) is 61.4 Å². The Hall–Kier alpha value is -2.34. The number of hydrogen-bond donors (Lipinski definition) is 1. The van der Waals surface area contributed by atoms with Crippen molar-refractivity contribution in [3.8, 4) is 5.75 Å². The highest BCUT2D eigenvalue weighted by Gasteiger charge is 2.36. The van der Waals surface area contributed by atoms with Gasteiger partial charge in [0.1, 0.15) is 11.9 Å². The summed E-state index contributed by atoms with van der Waals surface area (Å²) >= 11 is 0.924. The van der Waals surface area contributed by atoms with Crippen molar-refractivity contribution >= 4 is 22.9 Å². The average molecular weight is 456 g/mol. The Balaban J connectivity index is 1.66. The quantitative estimate of drug-likeness (QED) is 0.535.